The summed E-state index contributed by atoms with van der Waals surface area (Å²) in [6.45, 7) is 2.29. The number of aryl methyl sites for hydroxylation is 1. The number of aliphatic hydroxyl groups is 1. The fourth-order valence-electron chi connectivity index (χ4n) is 2.91. The molecule has 0 saturated carbocycles. The van der Waals surface area contributed by atoms with Gasteiger partial charge in [-0.05, 0) is 48.9 Å². The first kappa shape index (κ1) is 15.0. The van der Waals surface area contributed by atoms with E-state index < -0.39 is 0 Å². The predicted molar refractivity (Wildman–Crippen MR) is 99.6 cm³/mol. The summed E-state index contributed by atoms with van der Waals surface area (Å²) in [7, 11) is 0. The first-order chi connectivity index (χ1) is 11.5. The van der Waals surface area contributed by atoms with E-state index in [1.807, 2.05) is 49.4 Å². The third kappa shape index (κ3) is 2.39. The first-order valence-electron chi connectivity index (χ1n) is 7.54. The summed E-state index contributed by atoms with van der Waals surface area (Å²) in [4.78, 5) is 9.51. The maximum Gasteiger partial charge on any atom is 0.145 e. The van der Waals surface area contributed by atoms with Crippen LogP contribution in [-0.2, 0) is 0 Å². The van der Waals surface area contributed by atoms with Crippen LogP contribution in [0.3, 0.4) is 0 Å². The van der Waals surface area contributed by atoms with E-state index in [2.05, 4.69) is 25.9 Å². The fourth-order valence-corrected chi connectivity index (χ4v) is 3.18. The maximum atomic E-state index is 10.4. The topological polar surface area (TPSA) is 76.0 Å². The second-order valence-electron chi connectivity index (χ2n) is 5.84. The molecule has 2 aromatic carbocycles. The largest absolute Gasteiger partial charge is 0.509 e. The molecule has 0 spiro atoms. The quantitative estimate of drug-likeness (QED) is 0.614. The maximum absolute atomic E-state index is 10.4. The molecule has 4 rings (SSSR count). The summed E-state index contributed by atoms with van der Waals surface area (Å²) < 4.78 is 0.974. The van der Waals surface area contributed by atoms with E-state index in [0.717, 1.165) is 26.8 Å². The van der Waals surface area contributed by atoms with Crippen LogP contribution in [-0.4, -0.2) is 27.5 Å². The minimum atomic E-state index is 0.152. The van der Waals surface area contributed by atoms with Gasteiger partial charge in [0.05, 0.1) is 23.2 Å². The van der Waals surface area contributed by atoms with Crippen LogP contribution < -0.4 is 4.90 Å². The zero-order chi connectivity index (χ0) is 16.8. The first-order valence-corrected chi connectivity index (χ1v) is 8.33. The number of rotatable bonds is 2. The highest BCUT2D eigenvalue weighted by Gasteiger charge is 2.31. The monoisotopic (exact) mass is 382 g/mol. The summed E-state index contributed by atoms with van der Waals surface area (Å²) in [5.74, 6) is 0.919. The number of benzene rings is 2. The molecule has 1 aliphatic rings. The van der Waals surface area contributed by atoms with Gasteiger partial charge in [-0.25, -0.2) is 4.98 Å². The van der Waals surface area contributed by atoms with Crippen molar-refractivity contribution >= 4 is 44.1 Å². The van der Waals surface area contributed by atoms with E-state index in [0.29, 0.717) is 11.4 Å². The molecule has 5 nitrogen and oxygen atoms in total. The fraction of sp³-hybridized carbons (Fsp3) is 0.111. The third-order valence-corrected chi connectivity index (χ3v) is 4.64. The van der Waals surface area contributed by atoms with E-state index >= 15 is 0 Å². The zero-order valence-corrected chi connectivity index (χ0v) is 14.6. The van der Waals surface area contributed by atoms with Crippen LogP contribution >= 0.6 is 15.9 Å². The molecule has 3 aromatic rings. The van der Waals surface area contributed by atoms with Gasteiger partial charge in [0.1, 0.15) is 17.4 Å². The number of nitrogens with one attached hydrogen (secondary N) is 2. The van der Waals surface area contributed by atoms with Gasteiger partial charge < -0.3 is 15.0 Å². The van der Waals surface area contributed by atoms with Crippen LogP contribution in [0.25, 0.3) is 16.6 Å². The highest BCUT2D eigenvalue weighted by atomic mass is 79.9. The van der Waals surface area contributed by atoms with Crippen LogP contribution in [0.5, 0.6) is 0 Å². The number of amidine groups is 1. The molecule has 0 aliphatic carbocycles. The van der Waals surface area contributed by atoms with Crippen molar-refractivity contribution in [3.63, 3.8) is 0 Å². The van der Waals surface area contributed by atoms with Crippen molar-refractivity contribution in [3.05, 3.63) is 64.1 Å². The SMILES string of the molecule is Cc1ccc2nc(C3=C(O)CN(c4ccc(Br)cc4)C3=N)[nH]c2c1. The summed E-state index contributed by atoms with van der Waals surface area (Å²) in [6.07, 6.45) is 0. The summed E-state index contributed by atoms with van der Waals surface area (Å²) in [5, 5.41) is 18.9. The van der Waals surface area contributed by atoms with Crippen molar-refractivity contribution in [2.45, 2.75) is 6.92 Å². The lowest BCUT2D eigenvalue weighted by Gasteiger charge is -2.18. The van der Waals surface area contributed by atoms with Gasteiger partial charge in [0.15, 0.2) is 0 Å². The highest BCUT2D eigenvalue weighted by molar-refractivity contribution is 9.10. The summed E-state index contributed by atoms with van der Waals surface area (Å²) in [5.41, 5.74) is 4.17. The van der Waals surface area contributed by atoms with Gasteiger partial charge in [-0.2, -0.15) is 0 Å². The Morgan fingerprint density at radius 2 is 1.96 bits per heavy atom. The minimum Gasteiger partial charge on any atom is -0.509 e. The van der Waals surface area contributed by atoms with Crippen molar-refractivity contribution in [3.8, 4) is 0 Å². The lowest BCUT2D eigenvalue weighted by Crippen LogP contribution is -2.26. The predicted octanol–water partition coefficient (Wildman–Crippen LogP) is 4.40. The Morgan fingerprint density at radius 1 is 1.21 bits per heavy atom. The van der Waals surface area contributed by atoms with Gasteiger partial charge in [0.2, 0.25) is 0 Å². The Hall–Kier alpha value is -2.60. The highest BCUT2D eigenvalue weighted by Crippen LogP contribution is 2.31. The van der Waals surface area contributed by atoms with Crippen molar-refractivity contribution in [2.75, 3.05) is 11.4 Å². The van der Waals surface area contributed by atoms with Crippen LogP contribution in [0.1, 0.15) is 11.4 Å². The second-order valence-corrected chi connectivity index (χ2v) is 6.75. The molecule has 2 heterocycles. The van der Waals surface area contributed by atoms with Gasteiger partial charge in [-0.15, -0.1) is 0 Å². The summed E-state index contributed by atoms with van der Waals surface area (Å²) >= 11 is 3.41. The molecular formula is C18H15BrN4O. The van der Waals surface area contributed by atoms with E-state index in [1.54, 1.807) is 4.90 Å². The van der Waals surface area contributed by atoms with Gasteiger partial charge in [-0.3, -0.25) is 5.41 Å². The number of hydrogen-bond donors (Lipinski definition) is 3. The number of fused-ring (bicyclic) bond motifs is 1. The Labute approximate surface area is 147 Å². The molecule has 1 aromatic heterocycles. The van der Waals surface area contributed by atoms with Gasteiger partial charge in [0.25, 0.3) is 0 Å². The molecule has 0 atom stereocenters. The number of H-pyrrole nitrogens is 1. The van der Waals surface area contributed by atoms with E-state index in [9.17, 15) is 5.11 Å². The van der Waals surface area contributed by atoms with Gasteiger partial charge in [-0.1, -0.05) is 22.0 Å². The van der Waals surface area contributed by atoms with Crippen molar-refractivity contribution < 1.29 is 5.11 Å². The molecule has 0 amide bonds. The molecule has 0 bridgehead atoms. The lowest BCUT2D eigenvalue weighted by molar-refractivity contribution is 0.411. The number of aromatic nitrogens is 2. The smallest absolute Gasteiger partial charge is 0.145 e. The van der Waals surface area contributed by atoms with Crippen LogP contribution in [0.15, 0.2) is 52.7 Å². The second kappa shape index (κ2) is 5.49. The minimum absolute atomic E-state index is 0.152. The molecule has 24 heavy (non-hydrogen) atoms. The molecule has 0 unspecified atom stereocenters. The molecule has 1 aliphatic heterocycles. The average Bonchev–Trinajstić information content (AvgIpc) is 3.08. The number of nitrogens with zero attached hydrogens (tertiary/aromatic N) is 2. The number of aromatic amines is 1. The number of imidazole rings is 1. The van der Waals surface area contributed by atoms with Crippen molar-refractivity contribution in [2.24, 2.45) is 0 Å². The standard InChI is InChI=1S/C18H15BrN4O/c1-10-2-7-13-14(8-10)22-18(21-13)16-15(24)9-23(17(16)20)12-5-3-11(19)4-6-12/h2-8,20,24H,9H2,1H3,(H,21,22). The van der Waals surface area contributed by atoms with E-state index in [-0.39, 0.29) is 18.1 Å². The van der Waals surface area contributed by atoms with Crippen LogP contribution in [0, 0.1) is 12.3 Å². The average molecular weight is 383 g/mol. The number of anilines is 1. The number of aliphatic hydroxyl groups excluding tert-OH is 1. The summed E-state index contributed by atoms with van der Waals surface area (Å²) in [6, 6.07) is 13.6. The van der Waals surface area contributed by atoms with Crippen molar-refractivity contribution in [1.29, 1.82) is 5.41 Å². The van der Waals surface area contributed by atoms with Crippen LogP contribution in [0.4, 0.5) is 5.69 Å². The molecule has 0 radical (unpaired) electrons. The molecule has 0 saturated heterocycles. The number of halogens is 1. The van der Waals surface area contributed by atoms with Crippen LogP contribution in [0.2, 0.25) is 0 Å². The van der Waals surface area contributed by atoms with Gasteiger partial charge >= 0.3 is 0 Å². The molecule has 120 valence electrons. The van der Waals surface area contributed by atoms with E-state index in [4.69, 9.17) is 5.41 Å². The number of hydrogen-bond acceptors (Lipinski definition) is 3. The Bertz CT molecular complexity index is 988. The van der Waals surface area contributed by atoms with Gasteiger partial charge in [0, 0.05) is 10.2 Å². The van der Waals surface area contributed by atoms with E-state index in [1.165, 1.54) is 0 Å². The Kier molecular flexibility index (Phi) is 3.42. The Balaban J connectivity index is 1.73. The molecular weight excluding hydrogens is 368 g/mol. The third-order valence-electron chi connectivity index (χ3n) is 4.12. The normalized spacial score (nSPS) is 14.9. The lowest BCUT2D eigenvalue weighted by atomic mass is 10.2. The van der Waals surface area contributed by atoms with Crippen molar-refractivity contribution in [1.82, 2.24) is 9.97 Å². The zero-order valence-electron chi connectivity index (χ0n) is 13.0. The molecule has 0 fully saturated rings. The molecule has 3 N–H and O–H groups in total. The Morgan fingerprint density at radius 3 is 2.71 bits per heavy atom. The molecule has 6 heteroatoms.